The number of nitrogens with one attached hydrogen (secondary N) is 1. The highest BCUT2D eigenvalue weighted by Gasteiger charge is 2.24. The maximum Gasteiger partial charge on any atom is 0.317 e. The van der Waals surface area contributed by atoms with E-state index in [9.17, 15) is 14.0 Å². The van der Waals surface area contributed by atoms with Crippen LogP contribution >= 0.6 is 0 Å². The molecule has 2 heterocycles. The molecule has 0 saturated carbocycles. The maximum absolute atomic E-state index is 13.7. The van der Waals surface area contributed by atoms with E-state index in [-0.39, 0.29) is 30.1 Å². The third-order valence-corrected chi connectivity index (χ3v) is 4.88. The summed E-state index contributed by atoms with van der Waals surface area (Å²) in [6, 6.07) is 8.07. The third kappa shape index (κ3) is 5.31. The van der Waals surface area contributed by atoms with Gasteiger partial charge in [-0.2, -0.15) is 5.10 Å². The number of amides is 3. The number of urea groups is 1. The number of aromatic nitrogens is 2. The summed E-state index contributed by atoms with van der Waals surface area (Å²) < 4.78 is 15.6. The first kappa shape index (κ1) is 19.9. The van der Waals surface area contributed by atoms with Gasteiger partial charge in [-0.15, -0.1) is 0 Å². The summed E-state index contributed by atoms with van der Waals surface area (Å²) in [6.07, 6.45) is 3.68. The highest BCUT2D eigenvalue weighted by molar-refractivity contribution is 5.79. The van der Waals surface area contributed by atoms with Crippen molar-refractivity contribution in [1.29, 1.82) is 0 Å². The fourth-order valence-electron chi connectivity index (χ4n) is 3.24. The van der Waals surface area contributed by atoms with Crippen molar-refractivity contribution in [2.75, 3.05) is 32.7 Å². The van der Waals surface area contributed by atoms with Gasteiger partial charge in [-0.25, -0.2) is 9.18 Å². The van der Waals surface area contributed by atoms with E-state index in [1.54, 1.807) is 34.2 Å². The lowest BCUT2D eigenvalue weighted by molar-refractivity contribution is -0.131. The van der Waals surface area contributed by atoms with E-state index in [1.165, 1.54) is 6.07 Å². The minimum Gasteiger partial charge on any atom is -0.339 e. The maximum atomic E-state index is 13.7. The fourth-order valence-corrected chi connectivity index (χ4v) is 3.24. The van der Waals surface area contributed by atoms with Crippen molar-refractivity contribution in [3.63, 3.8) is 0 Å². The van der Waals surface area contributed by atoms with E-state index >= 15 is 0 Å². The first-order valence-corrected chi connectivity index (χ1v) is 9.54. The van der Waals surface area contributed by atoms with Crippen LogP contribution in [0.3, 0.4) is 0 Å². The normalized spacial score (nSPS) is 15.4. The molecule has 3 rings (SSSR count). The van der Waals surface area contributed by atoms with Crippen molar-refractivity contribution in [1.82, 2.24) is 24.9 Å². The molecule has 0 spiro atoms. The van der Waals surface area contributed by atoms with Crippen LogP contribution in [0, 0.1) is 11.7 Å². The fraction of sp³-hybridized carbons (Fsp3) is 0.450. The highest BCUT2D eigenvalue weighted by atomic mass is 19.1. The van der Waals surface area contributed by atoms with E-state index in [2.05, 4.69) is 17.3 Å². The summed E-state index contributed by atoms with van der Waals surface area (Å²) in [4.78, 5) is 28.2. The van der Waals surface area contributed by atoms with Gasteiger partial charge in [-0.1, -0.05) is 25.1 Å². The summed E-state index contributed by atoms with van der Waals surface area (Å²) in [6.45, 7) is 5.23. The molecular weight excluding hydrogens is 361 g/mol. The lowest BCUT2D eigenvalue weighted by Crippen LogP contribution is -2.53. The molecule has 1 aliphatic rings. The lowest BCUT2D eigenvalue weighted by atomic mass is 10.1. The van der Waals surface area contributed by atoms with Crippen molar-refractivity contribution in [3.8, 4) is 0 Å². The van der Waals surface area contributed by atoms with Gasteiger partial charge in [-0.3, -0.25) is 9.48 Å². The molecule has 1 N–H and O–H groups in total. The largest absolute Gasteiger partial charge is 0.339 e. The molecule has 1 aliphatic heterocycles. The second-order valence-corrected chi connectivity index (χ2v) is 7.16. The number of hydrogen-bond acceptors (Lipinski definition) is 3. The second kappa shape index (κ2) is 9.34. The van der Waals surface area contributed by atoms with Gasteiger partial charge in [0.2, 0.25) is 5.91 Å². The van der Waals surface area contributed by atoms with E-state index < -0.39 is 0 Å². The van der Waals surface area contributed by atoms with Gasteiger partial charge in [0.05, 0.1) is 6.42 Å². The van der Waals surface area contributed by atoms with Gasteiger partial charge in [-0.05, 0) is 23.6 Å². The van der Waals surface area contributed by atoms with Gasteiger partial charge in [0.1, 0.15) is 5.82 Å². The zero-order valence-electron chi connectivity index (χ0n) is 16.1. The molecule has 7 nitrogen and oxygen atoms in total. The summed E-state index contributed by atoms with van der Waals surface area (Å²) in [7, 11) is 0. The molecule has 28 heavy (non-hydrogen) atoms. The molecule has 1 aromatic carbocycles. The monoisotopic (exact) mass is 387 g/mol. The Labute approximate surface area is 164 Å². The molecule has 1 fully saturated rings. The Morgan fingerprint density at radius 2 is 1.86 bits per heavy atom. The van der Waals surface area contributed by atoms with Gasteiger partial charge in [0.25, 0.3) is 0 Å². The standard InChI is InChI=1S/C20H26FN5O2/c1-16(15-26-8-4-7-23-26)14-22-20(28)25-11-9-24(10-12-25)19(27)13-17-5-2-3-6-18(17)21/h2-8,16H,9-15H2,1H3,(H,22,28)/t16-/m0/s1. The molecule has 8 heteroatoms. The average Bonchev–Trinajstić information content (AvgIpc) is 3.21. The number of benzene rings is 1. The Kier molecular flexibility index (Phi) is 6.62. The minimum absolute atomic E-state index is 0.0454. The average molecular weight is 387 g/mol. The summed E-state index contributed by atoms with van der Waals surface area (Å²) in [5.74, 6) is -0.219. The van der Waals surface area contributed by atoms with Crippen molar-refractivity contribution >= 4 is 11.9 Å². The van der Waals surface area contributed by atoms with Crippen LogP contribution in [0.25, 0.3) is 0 Å². The highest BCUT2D eigenvalue weighted by Crippen LogP contribution is 2.11. The number of carbonyl (C=O) groups is 2. The Balaban J connectivity index is 1.40. The smallest absolute Gasteiger partial charge is 0.317 e. The van der Waals surface area contributed by atoms with Crippen LogP contribution in [0.1, 0.15) is 12.5 Å². The number of nitrogens with zero attached hydrogens (tertiary/aromatic N) is 4. The first-order chi connectivity index (χ1) is 13.5. The molecule has 1 atom stereocenters. The second-order valence-electron chi connectivity index (χ2n) is 7.16. The number of rotatable bonds is 6. The van der Waals surface area contributed by atoms with Crippen molar-refractivity contribution in [3.05, 3.63) is 54.1 Å². The van der Waals surface area contributed by atoms with Crippen molar-refractivity contribution < 1.29 is 14.0 Å². The van der Waals surface area contributed by atoms with Crippen LogP contribution in [-0.2, 0) is 17.8 Å². The molecule has 1 aromatic heterocycles. The zero-order valence-corrected chi connectivity index (χ0v) is 16.1. The molecular formula is C20H26FN5O2. The molecule has 0 bridgehead atoms. The molecule has 2 aromatic rings. The third-order valence-electron chi connectivity index (χ3n) is 4.88. The SMILES string of the molecule is C[C@@H](CNC(=O)N1CCN(C(=O)Cc2ccccc2F)CC1)Cn1cccn1. The summed E-state index contributed by atoms with van der Waals surface area (Å²) in [5, 5.41) is 7.11. The number of piperazine rings is 1. The molecule has 0 aliphatic carbocycles. The van der Waals surface area contributed by atoms with Gasteiger partial charge >= 0.3 is 6.03 Å². The summed E-state index contributed by atoms with van der Waals surface area (Å²) in [5.41, 5.74) is 0.402. The Morgan fingerprint density at radius 1 is 1.14 bits per heavy atom. The molecule has 0 unspecified atom stereocenters. The zero-order chi connectivity index (χ0) is 19.9. The Bertz CT molecular complexity index is 788. The van der Waals surface area contributed by atoms with E-state index in [1.807, 2.05) is 16.9 Å². The molecule has 1 saturated heterocycles. The summed E-state index contributed by atoms with van der Waals surface area (Å²) >= 11 is 0. The predicted octanol–water partition coefficient (Wildman–Crippen LogP) is 1.75. The predicted molar refractivity (Wildman–Crippen MR) is 103 cm³/mol. The van der Waals surface area contributed by atoms with Crippen LogP contribution in [0.4, 0.5) is 9.18 Å². The van der Waals surface area contributed by atoms with Crippen LogP contribution in [0.5, 0.6) is 0 Å². The first-order valence-electron chi connectivity index (χ1n) is 9.54. The Morgan fingerprint density at radius 3 is 2.54 bits per heavy atom. The van der Waals surface area contributed by atoms with Crippen molar-refractivity contribution in [2.24, 2.45) is 5.92 Å². The molecule has 3 amide bonds. The van der Waals surface area contributed by atoms with Crippen LogP contribution in [0.2, 0.25) is 0 Å². The number of halogens is 1. The topological polar surface area (TPSA) is 70.5 Å². The van der Waals surface area contributed by atoms with E-state index in [0.29, 0.717) is 38.3 Å². The number of carbonyl (C=O) groups excluding carboxylic acids is 2. The van der Waals surface area contributed by atoms with Crippen molar-refractivity contribution in [2.45, 2.75) is 19.9 Å². The quantitative estimate of drug-likeness (QED) is 0.821. The lowest BCUT2D eigenvalue weighted by Gasteiger charge is -2.35. The number of hydrogen-bond donors (Lipinski definition) is 1. The van der Waals surface area contributed by atoms with Gasteiger partial charge in [0, 0.05) is 51.7 Å². The molecule has 150 valence electrons. The van der Waals surface area contributed by atoms with Crippen LogP contribution in [0.15, 0.2) is 42.7 Å². The van der Waals surface area contributed by atoms with Gasteiger partial charge < -0.3 is 15.1 Å². The molecule has 0 radical (unpaired) electrons. The van der Waals surface area contributed by atoms with E-state index in [4.69, 9.17) is 0 Å². The minimum atomic E-state index is -0.363. The Hall–Kier alpha value is -2.90. The van der Waals surface area contributed by atoms with Crippen LogP contribution in [-0.4, -0.2) is 64.2 Å². The van der Waals surface area contributed by atoms with E-state index in [0.717, 1.165) is 6.54 Å². The van der Waals surface area contributed by atoms with Gasteiger partial charge in [0.15, 0.2) is 0 Å². The van der Waals surface area contributed by atoms with Crippen LogP contribution < -0.4 is 5.32 Å².